The van der Waals surface area contributed by atoms with Crippen LogP contribution in [0.3, 0.4) is 0 Å². The third-order valence-corrected chi connectivity index (χ3v) is 2.22. The first-order valence-electron chi connectivity index (χ1n) is 6.19. The van der Waals surface area contributed by atoms with Gasteiger partial charge in [0.15, 0.2) is 11.6 Å². The summed E-state index contributed by atoms with van der Waals surface area (Å²) in [6, 6.07) is 23.0. The van der Waals surface area contributed by atoms with E-state index in [-0.39, 0.29) is 0 Å². The Morgan fingerprint density at radius 1 is 0.500 bits per heavy atom. The van der Waals surface area contributed by atoms with Gasteiger partial charge in [-0.15, -0.1) is 10.2 Å². The first-order valence-corrected chi connectivity index (χ1v) is 6.19. The van der Waals surface area contributed by atoms with Crippen LogP contribution in [0.25, 0.3) is 0 Å². The summed E-state index contributed by atoms with van der Waals surface area (Å²) in [6.07, 6.45) is 3.35. The second-order valence-electron chi connectivity index (χ2n) is 3.73. The van der Waals surface area contributed by atoms with Crippen molar-refractivity contribution in [2.24, 2.45) is 10.2 Å². The van der Waals surface area contributed by atoms with E-state index in [4.69, 9.17) is 0 Å². The smallest absolute Gasteiger partial charge is 0.174 e. The monoisotopic (exact) mass is 262 g/mol. The lowest BCUT2D eigenvalue weighted by Crippen LogP contribution is -1.71. The molecule has 20 heavy (non-hydrogen) atoms. The van der Waals surface area contributed by atoms with Gasteiger partial charge in [-0.05, 0) is 24.3 Å². The molecule has 0 radical (unpaired) electrons. The fraction of sp³-hybridized carbons (Fsp3) is 0. The number of hydrogen-bond donors (Lipinski definition) is 0. The maximum atomic E-state index is 4.01. The molecular weight excluding hydrogens is 248 g/mol. The van der Waals surface area contributed by atoms with Crippen molar-refractivity contribution in [1.29, 1.82) is 0 Å². The van der Waals surface area contributed by atoms with Gasteiger partial charge >= 0.3 is 0 Å². The van der Waals surface area contributed by atoms with E-state index in [1.807, 2.05) is 60.7 Å². The summed E-state index contributed by atoms with van der Waals surface area (Å²) in [5.74, 6) is 1.16. The number of rotatable bonds is 2. The van der Waals surface area contributed by atoms with Gasteiger partial charge in [-0.25, -0.2) is 9.97 Å². The van der Waals surface area contributed by atoms with Gasteiger partial charge in [0.05, 0.1) is 0 Å². The summed E-state index contributed by atoms with van der Waals surface area (Å²) in [5, 5.41) is 7.86. The molecule has 0 amide bonds. The zero-order chi connectivity index (χ0) is 13.9. The molecule has 3 aromatic rings. The normalized spacial score (nSPS) is 9.80. The van der Waals surface area contributed by atoms with Crippen molar-refractivity contribution in [3.63, 3.8) is 0 Å². The second-order valence-corrected chi connectivity index (χ2v) is 3.73. The van der Waals surface area contributed by atoms with Gasteiger partial charge in [0.1, 0.15) is 0 Å². The van der Waals surface area contributed by atoms with E-state index < -0.39 is 0 Å². The first-order chi connectivity index (χ1) is 9.95. The van der Waals surface area contributed by atoms with Crippen LogP contribution in [-0.2, 0) is 0 Å². The van der Waals surface area contributed by atoms with Gasteiger partial charge in [0, 0.05) is 12.4 Å². The van der Waals surface area contributed by atoms with Crippen LogP contribution >= 0.6 is 0 Å². The van der Waals surface area contributed by atoms with E-state index in [0.29, 0.717) is 11.6 Å². The third kappa shape index (κ3) is 5.18. The highest BCUT2D eigenvalue weighted by molar-refractivity contribution is 5.28. The minimum Gasteiger partial charge on any atom is -0.236 e. The van der Waals surface area contributed by atoms with Crippen molar-refractivity contribution >= 4 is 11.6 Å². The Labute approximate surface area is 117 Å². The van der Waals surface area contributed by atoms with E-state index in [2.05, 4.69) is 20.2 Å². The van der Waals surface area contributed by atoms with Gasteiger partial charge in [-0.3, -0.25) is 0 Å². The Hall–Kier alpha value is -2.88. The lowest BCUT2D eigenvalue weighted by molar-refractivity contribution is 1.11. The topological polar surface area (TPSA) is 50.5 Å². The standard InChI is InChI=1S/C10H8N4.C6H6/c1-3-7-11-9(5-1)13-14-10-6-2-4-8-12-10;1-2-4-6-5-3-1/h1-8H;1-6H. The van der Waals surface area contributed by atoms with Crippen molar-refractivity contribution in [2.75, 3.05) is 0 Å². The molecule has 2 aromatic heterocycles. The quantitative estimate of drug-likeness (QED) is 0.635. The fourth-order valence-electron chi connectivity index (χ4n) is 1.31. The maximum Gasteiger partial charge on any atom is 0.174 e. The van der Waals surface area contributed by atoms with Gasteiger partial charge in [-0.1, -0.05) is 48.5 Å². The molecule has 98 valence electrons. The van der Waals surface area contributed by atoms with Crippen LogP contribution in [0.5, 0.6) is 0 Å². The molecule has 0 spiro atoms. The summed E-state index contributed by atoms with van der Waals surface area (Å²) in [7, 11) is 0. The van der Waals surface area contributed by atoms with E-state index in [9.17, 15) is 0 Å². The molecule has 0 N–H and O–H groups in total. The summed E-state index contributed by atoms with van der Waals surface area (Å²) in [4.78, 5) is 8.01. The third-order valence-electron chi connectivity index (χ3n) is 2.22. The Morgan fingerprint density at radius 2 is 0.900 bits per heavy atom. The Kier molecular flexibility index (Phi) is 5.60. The van der Waals surface area contributed by atoms with Crippen LogP contribution in [0.4, 0.5) is 11.6 Å². The molecule has 0 aliphatic heterocycles. The Morgan fingerprint density at radius 3 is 1.20 bits per heavy atom. The Bertz CT molecular complexity index is 542. The van der Waals surface area contributed by atoms with Crippen molar-refractivity contribution in [3.05, 3.63) is 85.2 Å². The number of pyridine rings is 2. The number of hydrogen-bond acceptors (Lipinski definition) is 4. The average Bonchev–Trinajstić information content (AvgIpc) is 2.57. The van der Waals surface area contributed by atoms with Crippen molar-refractivity contribution in [1.82, 2.24) is 9.97 Å². The van der Waals surface area contributed by atoms with E-state index >= 15 is 0 Å². The summed E-state index contributed by atoms with van der Waals surface area (Å²) >= 11 is 0. The maximum absolute atomic E-state index is 4.01. The molecule has 4 nitrogen and oxygen atoms in total. The lowest BCUT2D eigenvalue weighted by atomic mass is 10.4. The van der Waals surface area contributed by atoms with E-state index in [0.717, 1.165) is 0 Å². The molecule has 0 unspecified atom stereocenters. The molecule has 0 saturated heterocycles. The molecule has 0 atom stereocenters. The fourth-order valence-corrected chi connectivity index (χ4v) is 1.31. The molecule has 0 bridgehead atoms. The average molecular weight is 262 g/mol. The molecule has 1 aromatic carbocycles. The predicted molar refractivity (Wildman–Crippen MR) is 79.1 cm³/mol. The summed E-state index contributed by atoms with van der Waals surface area (Å²) in [6.45, 7) is 0. The van der Waals surface area contributed by atoms with Gasteiger partial charge in [0.2, 0.25) is 0 Å². The zero-order valence-corrected chi connectivity index (χ0v) is 10.9. The minimum absolute atomic E-state index is 0.582. The van der Waals surface area contributed by atoms with Crippen molar-refractivity contribution in [3.8, 4) is 0 Å². The molecule has 0 fully saturated rings. The van der Waals surface area contributed by atoms with Crippen LogP contribution in [0, 0.1) is 0 Å². The molecule has 0 aliphatic rings. The molecule has 3 rings (SSSR count). The molecular formula is C16H14N4. The van der Waals surface area contributed by atoms with Gasteiger partial charge in [-0.2, -0.15) is 0 Å². The molecule has 0 saturated carbocycles. The van der Waals surface area contributed by atoms with Crippen LogP contribution in [0.2, 0.25) is 0 Å². The van der Waals surface area contributed by atoms with Crippen LogP contribution in [-0.4, -0.2) is 9.97 Å². The van der Waals surface area contributed by atoms with Crippen LogP contribution in [0.1, 0.15) is 0 Å². The van der Waals surface area contributed by atoms with E-state index in [1.54, 1.807) is 24.5 Å². The highest BCUT2D eigenvalue weighted by atomic mass is 15.2. The first kappa shape index (κ1) is 13.5. The SMILES string of the molecule is c1ccc(N=Nc2ccccn2)nc1.c1ccccc1. The Balaban J connectivity index is 0.000000205. The molecule has 2 heterocycles. The minimum atomic E-state index is 0.582. The van der Waals surface area contributed by atoms with Crippen LogP contribution < -0.4 is 0 Å². The van der Waals surface area contributed by atoms with Gasteiger partial charge in [0.25, 0.3) is 0 Å². The number of azo groups is 1. The lowest BCUT2D eigenvalue weighted by Gasteiger charge is -1.89. The summed E-state index contributed by atoms with van der Waals surface area (Å²) in [5.41, 5.74) is 0. The summed E-state index contributed by atoms with van der Waals surface area (Å²) < 4.78 is 0. The van der Waals surface area contributed by atoms with Crippen molar-refractivity contribution in [2.45, 2.75) is 0 Å². The predicted octanol–water partition coefficient (Wildman–Crippen LogP) is 4.58. The van der Waals surface area contributed by atoms with Crippen molar-refractivity contribution < 1.29 is 0 Å². The van der Waals surface area contributed by atoms with Crippen LogP contribution in [0.15, 0.2) is 95.4 Å². The highest BCUT2D eigenvalue weighted by Gasteiger charge is 1.88. The van der Waals surface area contributed by atoms with E-state index in [1.165, 1.54) is 0 Å². The number of aromatic nitrogens is 2. The largest absolute Gasteiger partial charge is 0.236 e. The van der Waals surface area contributed by atoms with Gasteiger partial charge < -0.3 is 0 Å². The molecule has 4 heteroatoms. The second kappa shape index (κ2) is 8.26. The zero-order valence-electron chi connectivity index (χ0n) is 10.9. The number of nitrogens with zero attached hydrogens (tertiary/aromatic N) is 4. The highest BCUT2D eigenvalue weighted by Crippen LogP contribution is 2.11. The number of benzene rings is 1. The molecule has 0 aliphatic carbocycles.